The third-order valence-corrected chi connectivity index (χ3v) is 6.98. The van der Waals surface area contributed by atoms with E-state index in [0.29, 0.717) is 41.3 Å². The molecule has 2 aliphatic rings. The summed E-state index contributed by atoms with van der Waals surface area (Å²) in [6, 6.07) is 9.69. The lowest BCUT2D eigenvalue weighted by Crippen LogP contribution is -2.94. The van der Waals surface area contributed by atoms with Gasteiger partial charge in [0.15, 0.2) is 0 Å². The molecule has 2 bridgehead atoms. The summed E-state index contributed by atoms with van der Waals surface area (Å²) in [6.07, 6.45) is 3.46. The highest BCUT2D eigenvalue weighted by atomic mass is 16.5. The Balaban J connectivity index is 1.46. The van der Waals surface area contributed by atoms with Crippen LogP contribution in [0.15, 0.2) is 24.3 Å². The molecule has 0 heterocycles. The molecule has 0 saturated heterocycles. The number of rotatable bonds is 6. The predicted molar refractivity (Wildman–Crippen MR) is 92.5 cm³/mol. The summed E-state index contributed by atoms with van der Waals surface area (Å²) in [4.78, 5) is 0. The molecular weight excluding hydrogens is 300 g/mol. The second kappa shape index (κ2) is 6.38. The van der Waals surface area contributed by atoms with E-state index in [2.05, 4.69) is 32.2 Å². The highest BCUT2D eigenvalue weighted by Crippen LogP contribution is 2.64. The van der Waals surface area contributed by atoms with Gasteiger partial charge in [-0.1, -0.05) is 20.8 Å². The van der Waals surface area contributed by atoms with Crippen molar-refractivity contribution in [3.05, 3.63) is 29.8 Å². The third-order valence-electron chi connectivity index (χ3n) is 6.98. The minimum Gasteiger partial charge on any atom is -0.491 e. The van der Waals surface area contributed by atoms with Crippen LogP contribution in [-0.2, 0) is 0 Å². The maximum atomic E-state index is 10.2. The van der Waals surface area contributed by atoms with Gasteiger partial charge in [0.05, 0.1) is 17.7 Å². The van der Waals surface area contributed by atoms with Crippen molar-refractivity contribution in [3.63, 3.8) is 0 Å². The van der Waals surface area contributed by atoms with Crippen LogP contribution in [0.2, 0.25) is 0 Å². The van der Waals surface area contributed by atoms with Gasteiger partial charge in [-0.05, 0) is 48.4 Å². The van der Waals surface area contributed by atoms with Crippen molar-refractivity contribution in [2.75, 3.05) is 13.2 Å². The molecule has 0 amide bonds. The van der Waals surface area contributed by atoms with Crippen molar-refractivity contribution in [1.29, 1.82) is 5.26 Å². The Labute approximate surface area is 144 Å². The summed E-state index contributed by atoms with van der Waals surface area (Å²) in [5, 5.41) is 21.4. The number of nitrogens with two attached hydrogens (primary N) is 1. The van der Waals surface area contributed by atoms with Crippen LogP contribution in [0.3, 0.4) is 0 Å². The minimum absolute atomic E-state index is 0.290. The maximum absolute atomic E-state index is 10.2. The van der Waals surface area contributed by atoms with Crippen molar-refractivity contribution in [1.82, 2.24) is 0 Å². The number of nitriles is 1. The number of fused-ring (bicyclic) bond motifs is 2. The average molecular weight is 329 g/mol. The van der Waals surface area contributed by atoms with Crippen LogP contribution in [0.25, 0.3) is 0 Å². The Bertz CT molecular complexity index is 620. The van der Waals surface area contributed by atoms with Crippen LogP contribution in [0.4, 0.5) is 0 Å². The van der Waals surface area contributed by atoms with Crippen LogP contribution in [-0.4, -0.2) is 30.4 Å². The second-order valence-electron chi connectivity index (χ2n) is 8.29. The summed E-state index contributed by atoms with van der Waals surface area (Å²) in [5.41, 5.74) is 1.41. The van der Waals surface area contributed by atoms with Gasteiger partial charge in [0.25, 0.3) is 0 Å². The molecule has 2 aliphatic carbocycles. The molecule has 130 valence electrons. The van der Waals surface area contributed by atoms with Gasteiger partial charge in [-0.3, -0.25) is 0 Å². The average Bonchev–Trinajstić information content (AvgIpc) is 2.91. The molecule has 1 aromatic rings. The molecule has 2 saturated carbocycles. The maximum Gasteiger partial charge on any atom is 0.137 e. The van der Waals surface area contributed by atoms with Gasteiger partial charge in [0, 0.05) is 11.8 Å². The van der Waals surface area contributed by atoms with Gasteiger partial charge < -0.3 is 15.2 Å². The third kappa shape index (κ3) is 2.92. The topological polar surface area (TPSA) is 69.9 Å². The highest BCUT2D eigenvalue weighted by molar-refractivity contribution is 5.34. The van der Waals surface area contributed by atoms with Gasteiger partial charge in [0.1, 0.15) is 25.0 Å². The lowest BCUT2D eigenvalue weighted by molar-refractivity contribution is -0.707. The van der Waals surface area contributed by atoms with Crippen LogP contribution in [0.5, 0.6) is 5.75 Å². The first-order valence-corrected chi connectivity index (χ1v) is 9.01. The number of quaternary nitrogens is 1. The zero-order chi connectivity index (χ0) is 17.4. The Morgan fingerprint density at radius 1 is 1.33 bits per heavy atom. The Morgan fingerprint density at radius 2 is 2.04 bits per heavy atom. The SMILES string of the molecule is CC1(C)[C@H]2CC[C@]1(C)[C@@H]([NH2+]C[C@H](O)COc1ccc(C#N)cc1)C2. The van der Waals surface area contributed by atoms with Crippen molar-refractivity contribution >= 4 is 0 Å². The standard InChI is InChI=1S/C20H28N2O2/c1-19(2)15-8-9-20(19,3)18(10-15)22-12-16(23)13-24-17-6-4-14(11-21)5-7-17/h4-7,15-16,18,22-23H,8-10,12-13H2,1-3H3/p+1/t15-,16-,18-,20+/m0/s1. The van der Waals surface area contributed by atoms with Gasteiger partial charge in [0.2, 0.25) is 0 Å². The lowest BCUT2D eigenvalue weighted by Gasteiger charge is -2.37. The summed E-state index contributed by atoms with van der Waals surface area (Å²) in [5.74, 6) is 1.52. The molecule has 0 aromatic heterocycles. The van der Waals surface area contributed by atoms with E-state index in [4.69, 9.17) is 10.00 Å². The largest absolute Gasteiger partial charge is 0.491 e. The minimum atomic E-state index is -0.480. The smallest absolute Gasteiger partial charge is 0.137 e. The van der Waals surface area contributed by atoms with Crippen LogP contribution in [0.1, 0.15) is 45.6 Å². The fraction of sp³-hybridized carbons (Fsp3) is 0.650. The summed E-state index contributed by atoms with van der Waals surface area (Å²) in [6.45, 7) is 8.24. The van der Waals surface area contributed by atoms with E-state index in [1.54, 1.807) is 24.3 Å². The molecule has 3 N–H and O–H groups in total. The van der Waals surface area contributed by atoms with Crippen molar-refractivity contribution in [3.8, 4) is 11.8 Å². The molecular formula is C20H29N2O2+. The van der Waals surface area contributed by atoms with Crippen LogP contribution in [0, 0.1) is 28.1 Å². The Hall–Kier alpha value is -1.57. The first-order chi connectivity index (χ1) is 11.4. The molecule has 2 fully saturated rings. The van der Waals surface area contributed by atoms with E-state index < -0.39 is 6.10 Å². The Morgan fingerprint density at radius 3 is 2.58 bits per heavy atom. The first-order valence-electron chi connectivity index (χ1n) is 9.01. The first kappa shape index (κ1) is 17.3. The van der Waals surface area contributed by atoms with Crippen molar-refractivity contribution < 1.29 is 15.2 Å². The summed E-state index contributed by atoms with van der Waals surface area (Å²) >= 11 is 0. The van der Waals surface area contributed by atoms with E-state index >= 15 is 0 Å². The van der Waals surface area contributed by atoms with Gasteiger partial charge in [-0.2, -0.15) is 5.26 Å². The number of ether oxygens (including phenoxy) is 1. The molecule has 3 rings (SSSR count). The normalized spacial score (nSPS) is 31.6. The molecule has 1 aromatic carbocycles. The molecule has 0 unspecified atom stereocenters. The number of aliphatic hydroxyl groups excluding tert-OH is 1. The van der Waals surface area contributed by atoms with Crippen molar-refractivity contribution in [2.45, 2.75) is 52.2 Å². The molecule has 24 heavy (non-hydrogen) atoms. The zero-order valence-corrected chi connectivity index (χ0v) is 15.0. The number of aliphatic hydroxyl groups is 1. The molecule has 0 spiro atoms. The fourth-order valence-electron chi connectivity index (χ4n) is 4.83. The highest BCUT2D eigenvalue weighted by Gasteiger charge is 2.63. The van der Waals surface area contributed by atoms with Gasteiger partial charge >= 0.3 is 0 Å². The number of benzene rings is 1. The van der Waals surface area contributed by atoms with E-state index in [1.165, 1.54) is 19.3 Å². The zero-order valence-electron chi connectivity index (χ0n) is 15.0. The van der Waals surface area contributed by atoms with E-state index in [1.807, 2.05) is 0 Å². The summed E-state index contributed by atoms with van der Waals surface area (Å²) in [7, 11) is 0. The van der Waals surface area contributed by atoms with E-state index in [9.17, 15) is 5.11 Å². The van der Waals surface area contributed by atoms with E-state index in [-0.39, 0.29) is 0 Å². The number of hydrogen-bond acceptors (Lipinski definition) is 3. The monoisotopic (exact) mass is 329 g/mol. The molecule has 4 atom stereocenters. The number of hydrogen-bond donors (Lipinski definition) is 2. The van der Waals surface area contributed by atoms with Crippen molar-refractivity contribution in [2.24, 2.45) is 16.7 Å². The quantitative estimate of drug-likeness (QED) is 0.839. The number of nitrogens with zero attached hydrogens (tertiary/aromatic N) is 1. The Kier molecular flexibility index (Phi) is 4.59. The van der Waals surface area contributed by atoms with E-state index in [0.717, 1.165) is 5.92 Å². The van der Waals surface area contributed by atoms with Crippen LogP contribution >= 0.6 is 0 Å². The molecule has 0 radical (unpaired) electrons. The molecule has 0 aliphatic heterocycles. The predicted octanol–water partition coefficient (Wildman–Crippen LogP) is 2.08. The molecule has 4 heteroatoms. The fourth-order valence-corrected chi connectivity index (χ4v) is 4.83. The van der Waals surface area contributed by atoms with Crippen LogP contribution < -0.4 is 10.1 Å². The second-order valence-corrected chi connectivity index (χ2v) is 8.29. The van der Waals surface area contributed by atoms with Gasteiger partial charge in [-0.15, -0.1) is 0 Å². The van der Waals surface area contributed by atoms with Gasteiger partial charge in [-0.25, -0.2) is 0 Å². The molecule has 4 nitrogen and oxygen atoms in total. The lowest BCUT2D eigenvalue weighted by atomic mass is 9.69. The summed E-state index contributed by atoms with van der Waals surface area (Å²) < 4.78 is 5.63.